The van der Waals surface area contributed by atoms with Crippen LogP contribution in [0.1, 0.15) is 42.7 Å². The molecule has 1 amide bonds. The molecule has 33 heavy (non-hydrogen) atoms. The topological polar surface area (TPSA) is 46.3 Å². The Balaban J connectivity index is 1.64. The lowest BCUT2D eigenvalue weighted by molar-refractivity contribution is -0.117. The van der Waals surface area contributed by atoms with Gasteiger partial charge in [-0.2, -0.15) is 8.78 Å². The van der Waals surface area contributed by atoms with Crippen LogP contribution in [0.3, 0.4) is 0 Å². The highest BCUT2D eigenvalue weighted by Crippen LogP contribution is 2.40. The maximum Gasteiger partial charge on any atom is 0.288 e. The summed E-state index contributed by atoms with van der Waals surface area (Å²) in [4.78, 5) is 14.2. The third-order valence-corrected chi connectivity index (χ3v) is 6.94. The number of rotatable bonds is 8. The maximum absolute atomic E-state index is 12.8. The van der Waals surface area contributed by atoms with E-state index in [1.807, 2.05) is 42.5 Å². The van der Waals surface area contributed by atoms with Gasteiger partial charge in [0.15, 0.2) is 0 Å². The number of primary amides is 1. The number of amides is 1. The Hall–Kier alpha value is -2.86. The third kappa shape index (κ3) is 6.14. The molecule has 0 aliphatic heterocycles. The highest BCUT2D eigenvalue weighted by atomic mass is 32.2. The molecule has 0 spiro atoms. The first-order valence-electron chi connectivity index (χ1n) is 11.3. The van der Waals surface area contributed by atoms with Crippen LogP contribution >= 0.6 is 11.8 Å². The van der Waals surface area contributed by atoms with E-state index < -0.39 is 5.76 Å². The van der Waals surface area contributed by atoms with Crippen molar-refractivity contribution in [2.24, 2.45) is 5.73 Å². The van der Waals surface area contributed by atoms with Gasteiger partial charge in [-0.05, 0) is 72.7 Å². The van der Waals surface area contributed by atoms with E-state index in [-0.39, 0.29) is 18.4 Å². The lowest BCUT2D eigenvalue weighted by Crippen LogP contribution is -2.35. The maximum atomic E-state index is 12.8. The normalized spacial score (nSPS) is 18.3. The second kappa shape index (κ2) is 10.8. The van der Waals surface area contributed by atoms with Crippen molar-refractivity contribution in [1.29, 1.82) is 0 Å². The van der Waals surface area contributed by atoms with Gasteiger partial charge in [-0.25, -0.2) is 0 Å². The Kier molecular flexibility index (Phi) is 7.65. The molecule has 2 atom stereocenters. The smallest absolute Gasteiger partial charge is 0.288 e. The molecule has 172 valence electrons. The van der Waals surface area contributed by atoms with Gasteiger partial charge >= 0.3 is 0 Å². The van der Waals surface area contributed by atoms with Crippen LogP contribution in [-0.4, -0.2) is 17.7 Å². The number of hydrogen-bond acceptors (Lipinski definition) is 3. The quantitative estimate of drug-likeness (QED) is 0.368. The number of carbonyl (C=O) groups is 1. The van der Waals surface area contributed by atoms with Crippen LogP contribution in [0.4, 0.5) is 20.2 Å². The fraction of sp³-hybridized carbons (Fsp3) is 0.296. The SMILES string of the molecule is NC(=O)Cc1ccc(N(c2ccc(SC(F)F)cc2)C2CCCC(c3ccccc3)C2)cc1. The lowest BCUT2D eigenvalue weighted by atomic mass is 9.80. The zero-order valence-electron chi connectivity index (χ0n) is 18.4. The van der Waals surface area contributed by atoms with E-state index in [9.17, 15) is 13.6 Å². The number of nitrogens with zero attached hydrogens (tertiary/aromatic N) is 1. The average Bonchev–Trinajstić information content (AvgIpc) is 2.82. The Bertz CT molecular complexity index is 1040. The van der Waals surface area contributed by atoms with Crippen LogP contribution in [-0.2, 0) is 11.2 Å². The van der Waals surface area contributed by atoms with Crippen LogP contribution in [0.5, 0.6) is 0 Å². The molecule has 0 saturated heterocycles. The minimum absolute atomic E-state index is 0.208. The predicted molar refractivity (Wildman–Crippen MR) is 131 cm³/mol. The Morgan fingerprint density at radius 1 is 0.939 bits per heavy atom. The molecule has 1 aliphatic carbocycles. The van der Waals surface area contributed by atoms with Gasteiger partial charge in [0.25, 0.3) is 5.76 Å². The number of carbonyl (C=O) groups excluding carboxylic acids is 1. The number of benzene rings is 3. The number of halogens is 2. The summed E-state index contributed by atoms with van der Waals surface area (Å²) in [5.74, 6) is -2.31. The fourth-order valence-electron chi connectivity index (χ4n) is 4.76. The molecular weight excluding hydrogens is 438 g/mol. The number of nitrogens with two attached hydrogens (primary N) is 1. The molecule has 2 N–H and O–H groups in total. The molecule has 0 aromatic heterocycles. The summed E-state index contributed by atoms with van der Waals surface area (Å²) in [6, 6.07) is 26.2. The molecule has 1 aliphatic rings. The highest BCUT2D eigenvalue weighted by Gasteiger charge is 2.29. The first-order chi connectivity index (χ1) is 16.0. The predicted octanol–water partition coefficient (Wildman–Crippen LogP) is 6.89. The number of anilines is 2. The minimum atomic E-state index is -2.44. The van der Waals surface area contributed by atoms with Crippen molar-refractivity contribution in [3.05, 3.63) is 90.0 Å². The second-order valence-corrected chi connectivity index (χ2v) is 9.54. The molecular formula is C27H28F2N2OS. The molecule has 1 fully saturated rings. The monoisotopic (exact) mass is 466 g/mol. The van der Waals surface area contributed by atoms with Crippen molar-refractivity contribution >= 4 is 29.0 Å². The molecule has 4 rings (SSSR count). The summed E-state index contributed by atoms with van der Waals surface area (Å²) >= 11 is 0.560. The first kappa shape index (κ1) is 23.3. The van der Waals surface area contributed by atoms with Crippen molar-refractivity contribution < 1.29 is 13.6 Å². The van der Waals surface area contributed by atoms with E-state index in [1.165, 1.54) is 5.56 Å². The zero-order valence-corrected chi connectivity index (χ0v) is 19.2. The Labute approximate surface area is 198 Å². The standard InChI is InChI=1S/C27H28F2N2OS/c28-27(29)33-25-15-13-23(14-16-25)31(22-11-9-19(10-12-22)17-26(30)32)24-8-4-7-21(18-24)20-5-2-1-3-6-20/h1-3,5-6,9-16,21,24,27H,4,7-8,17-18H2,(H2,30,32). The van der Waals surface area contributed by atoms with Gasteiger partial charge in [0.2, 0.25) is 5.91 Å². The molecule has 0 radical (unpaired) electrons. The van der Waals surface area contributed by atoms with Gasteiger partial charge in [-0.15, -0.1) is 0 Å². The van der Waals surface area contributed by atoms with E-state index in [1.54, 1.807) is 12.1 Å². The van der Waals surface area contributed by atoms with Gasteiger partial charge in [-0.1, -0.05) is 60.6 Å². The van der Waals surface area contributed by atoms with Crippen molar-refractivity contribution in [3.63, 3.8) is 0 Å². The molecule has 3 aromatic carbocycles. The highest BCUT2D eigenvalue weighted by molar-refractivity contribution is 7.99. The largest absolute Gasteiger partial charge is 0.369 e. The van der Waals surface area contributed by atoms with Crippen molar-refractivity contribution in [3.8, 4) is 0 Å². The third-order valence-electron chi connectivity index (χ3n) is 6.22. The van der Waals surface area contributed by atoms with Crippen molar-refractivity contribution in [1.82, 2.24) is 0 Å². The zero-order chi connectivity index (χ0) is 23.2. The minimum Gasteiger partial charge on any atom is -0.369 e. The summed E-state index contributed by atoms with van der Waals surface area (Å²) < 4.78 is 25.6. The molecule has 0 heterocycles. The summed E-state index contributed by atoms with van der Waals surface area (Å²) in [5.41, 5.74) is 9.59. The molecule has 6 heteroatoms. The first-order valence-corrected chi connectivity index (χ1v) is 12.1. The lowest BCUT2D eigenvalue weighted by Gasteiger charge is -2.39. The van der Waals surface area contributed by atoms with Crippen LogP contribution < -0.4 is 10.6 Å². The van der Waals surface area contributed by atoms with Gasteiger partial charge < -0.3 is 10.6 Å². The van der Waals surface area contributed by atoms with Crippen LogP contribution in [0, 0.1) is 0 Å². The van der Waals surface area contributed by atoms with E-state index in [2.05, 4.69) is 29.2 Å². The molecule has 0 bridgehead atoms. The van der Waals surface area contributed by atoms with E-state index in [0.29, 0.717) is 22.6 Å². The summed E-state index contributed by atoms with van der Waals surface area (Å²) in [6.07, 6.45) is 4.56. The average molecular weight is 467 g/mol. The van der Waals surface area contributed by atoms with Gasteiger partial charge in [0, 0.05) is 22.3 Å². The summed E-state index contributed by atoms with van der Waals surface area (Å²) in [5, 5.41) is 0. The van der Waals surface area contributed by atoms with E-state index in [0.717, 1.165) is 42.6 Å². The van der Waals surface area contributed by atoms with Crippen molar-refractivity contribution in [2.75, 3.05) is 4.90 Å². The molecule has 2 unspecified atom stereocenters. The summed E-state index contributed by atoms with van der Waals surface area (Å²) in [6.45, 7) is 0. The van der Waals surface area contributed by atoms with Gasteiger partial charge in [0.05, 0.1) is 6.42 Å². The molecule has 3 aromatic rings. The molecule has 3 nitrogen and oxygen atoms in total. The number of hydrogen-bond donors (Lipinski definition) is 1. The van der Waals surface area contributed by atoms with Crippen LogP contribution in [0.2, 0.25) is 0 Å². The van der Waals surface area contributed by atoms with Crippen molar-refractivity contribution in [2.45, 2.75) is 54.7 Å². The number of alkyl halides is 2. The van der Waals surface area contributed by atoms with Gasteiger partial charge in [0.1, 0.15) is 0 Å². The van der Waals surface area contributed by atoms with Gasteiger partial charge in [-0.3, -0.25) is 4.79 Å². The number of thioether (sulfide) groups is 1. The fourth-order valence-corrected chi connectivity index (χ4v) is 5.26. The van der Waals surface area contributed by atoms with Crippen LogP contribution in [0.15, 0.2) is 83.8 Å². The van der Waals surface area contributed by atoms with E-state index >= 15 is 0 Å². The summed E-state index contributed by atoms with van der Waals surface area (Å²) in [7, 11) is 0. The Morgan fingerprint density at radius 2 is 1.58 bits per heavy atom. The second-order valence-electron chi connectivity index (χ2n) is 8.48. The van der Waals surface area contributed by atoms with E-state index in [4.69, 9.17) is 5.73 Å². The molecule has 1 saturated carbocycles. The Morgan fingerprint density at radius 3 is 2.18 bits per heavy atom. The van der Waals surface area contributed by atoms with Crippen LogP contribution in [0.25, 0.3) is 0 Å².